The van der Waals surface area contributed by atoms with Crippen molar-refractivity contribution in [3.8, 4) is 0 Å². The highest BCUT2D eigenvalue weighted by molar-refractivity contribution is 6.29. The second-order valence-electron chi connectivity index (χ2n) is 4.21. The second kappa shape index (κ2) is 5.31. The highest BCUT2D eigenvalue weighted by Gasteiger charge is 2.18. The highest BCUT2D eigenvalue weighted by atomic mass is 35.5. The molecule has 0 aliphatic heterocycles. The molecule has 1 aliphatic rings. The first kappa shape index (κ1) is 12.1. The maximum Gasteiger partial charge on any atom is 0.339 e. The lowest BCUT2D eigenvalue weighted by atomic mass is 9.95. The van der Waals surface area contributed by atoms with Crippen molar-refractivity contribution in [1.82, 2.24) is 10.2 Å². The molecule has 0 amide bonds. The molecule has 6 heteroatoms. The number of carboxylic acid groups (broad SMARTS) is 1. The van der Waals surface area contributed by atoms with Crippen LogP contribution in [0, 0.1) is 0 Å². The van der Waals surface area contributed by atoms with Gasteiger partial charge in [-0.25, -0.2) is 4.79 Å². The number of hydrogen-bond acceptors (Lipinski definition) is 4. The number of nitrogens with one attached hydrogen (secondary N) is 1. The summed E-state index contributed by atoms with van der Waals surface area (Å²) in [6.07, 6.45) is 5.67. The highest BCUT2D eigenvalue weighted by Crippen LogP contribution is 2.23. The average molecular weight is 256 g/mol. The van der Waals surface area contributed by atoms with Gasteiger partial charge in [0.25, 0.3) is 0 Å². The number of aromatic carboxylic acids is 1. The van der Waals surface area contributed by atoms with E-state index in [2.05, 4.69) is 15.5 Å². The fraction of sp³-hybridized carbons (Fsp3) is 0.545. The maximum atomic E-state index is 11.0. The molecule has 0 bridgehead atoms. The van der Waals surface area contributed by atoms with Crippen LogP contribution in [0.5, 0.6) is 0 Å². The summed E-state index contributed by atoms with van der Waals surface area (Å²) in [7, 11) is 0. The van der Waals surface area contributed by atoms with Gasteiger partial charge in [-0.2, -0.15) is 0 Å². The van der Waals surface area contributed by atoms with E-state index < -0.39 is 5.97 Å². The summed E-state index contributed by atoms with van der Waals surface area (Å²) >= 11 is 5.64. The largest absolute Gasteiger partial charge is 0.478 e. The van der Waals surface area contributed by atoms with Crippen LogP contribution in [0.3, 0.4) is 0 Å². The molecule has 1 heterocycles. The van der Waals surface area contributed by atoms with Crippen molar-refractivity contribution in [3.05, 3.63) is 16.8 Å². The van der Waals surface area contributed by atoms with Crippen molar-refractivity contribution >= 4 is 23.4 Å². The standard InChI is InChI=1S/C11H14ClN3O2/c12-9-6-8(11(16)17)10(15-14-9)13-7-4-2-1-3-5-7/h6-7H,1-5H2,(H,13,15)(H,16,17). The molecule has 0 unspecified atom stereocenters. The zero-order valence-corrected chi connectivity index (χ0v) is 10.1. The predicted octanol–water partition coefficient (Wildman–Crippen LogP) is 2.57. The van der Waals surface area contributed by atoms with Crippen molar-refractivity contribution in [2.75, 3.05) is 5.32 Å². The summed E-state index contributed by atoms with van der Waals surface area (Å²) in [5.41, 5.74) is 0.0792. The van der Waals surface area contributed by atoms with E-state index in [-0.39, 0.29) is 16.8 Å². The van der Waals surface area contributed by atoms with Crippen LogP contribution in [0.25, 0.3) is 0 Å². The van der Waals surface area contributed by atoms with E-state index in [4.69, 9.17) is 16.7 Å². The van der Waals surface area contributed by atoms with Gasteiger partial charge in [-0.15, -0.1) is 10.2 Å². The summed E-state index contributed by atoms with van der Waals surface area (Å²) in [6.45, 7) is 0. The fourth-order valence-electron chi connectivity index (χ4n) is 2.08. The third kappa shape index (κ3) is 3.06. The SMILES string of the molecule is O=C(O)c1cc(Cl)nnc1NC1CCCCC1. The van der Waals surface area contributed by atoms with Gasteiger partial charge in [-0.3, -0.25) is 0 Å². The van der Waals surface area contributed by atoms with Crippen LogP contribution in [-0.2, 0) is 0 Å². The van der Waals surface area contributed by atoms with E-state index in [1.165, 1.54) is 25.3 Å². The zero-order valence-electron chi connectivity index (χ0n) is 9.32. The van der Waals surface area contributed by atoms with Gasteiger partial charge in [0.1, 0.15) is 5.56 Å². The Morgan fingerprint density at radius 3 is 2.71 bits per heavy atom. The van der Waals surface area contributed by atoms with Gasteiger partial charge in [0.05, 0.1) is 0 Å². The molecule has 2 N–H and O–H groups in total. The number of hydrogen-bond donors (Lipinski definition) is 2. The number of rotatable bonds is 3. The van der Waals surface area contributed by atoms with Gasteiger partial charge >= 0.3 is 5.97 Å². The molecule has 2 rings (SSSR count). The smallest absolute Gasteiger partial charge is 0.339 e. The zero-order chi connectivity index (χ0) is 12.3. The lowest BCUT2D eigenvalue weighted by Crippen LogP contribution is -2.24. The molecular weight excluding hydrogens is 242 g/mol. The molecule has 0 saturated heterocycles. The second-order valence-corrected chi connectivity index (χ2v) is 4.60. The number of carboxylic acids is 1. The molecule has 1 aromatic rings. The molecule has 0 aromatic carbocycles. The molecule has 1 fully saturated rings. The minimum absolute atomic E-state index is 0.0792. The monoisotopic (exact) mass is 255 g/mol. The molecule has 0 atom stereocenters. The van der Waals surface area contributed by atoms with E-state index >= 15 is 0 Å². The normalized spacial score (nSPS) is 16.8. The van der Waals surface area contributed by atoms with Crippen LogP contribution < -0.4 is 5.32 Å². The predicted molar refractivity (Wildman–Crippen MR) is 64.5 cm³/mol. The Hall–Kier alpha value is -1.36. The van der Waals surface area contributed by atoms with E-state index in [1.54, 1.807) is 0 Å². The summed E-state index contributed by atoms with van der Waals surface area (Å²) in [5, 5.41) is 19.8. The van der Waals surface area contributed by atoms with Crippen molar-refractivity contribution in [2.24, 2.45) is 0 Å². The topological polar surface area (TPSA) is 75.1 Å². The Morgan fingerprint density at radius 1 is 1.35 bits per heavy atom. The molecule has 5 nitrogen and oxygen atoms in total. The van der Waals surface area contributed by atoms with Crippen molar-refractivity contribution < 1.29 is 9.90 Å². The fourth-order valence-corrected chi connectivity index (χ4v) is 2.22. The van der Waals surface area contributed by atoms with Crippen molar-refractivity contribution in [3.63, 3.8) is 0 Å². The molecule has 0 spiro atoms. The van der Waals surface area contributed by atoms with Crippen LogP contribution in [0.4, 0.5) is 5.82 Å². The van der Waals surface area contributed by atoms with Crippen molar-refractivity contribution in [2.45, 2.75) is 38.1 Å². The van der Waals surface area contributed by atoms with E-state index in [0.29, 0.717) is 5.82 Å². The van der Waals surface area contributed by atoms with Gasteiger partial charge in [0.15, 0.2) is 11.0 Å². The molecule has 1 aromatic heterocycles. The van der Waals surface area contributed by atoms with Gasteiger partial charge < -0.3 is 10.4 Å². The molecule has 1 saturated carbocycles. The number of carbonyl (C=O) groups is 1. The number of anilines is 1. The van der Waals surface area contributed by atoms with Gasteiger partial charge in [-0.05, 0) is 18.9 Å². The maximum absolute atomic E-state index is 11.0. The first-order valence-electron chi connectivity index (χ1n) is 5.70. The lowest BCUT2D eigenvalue weighted by Gasteiger charge is -2.23. The average Bonchev–Trinajstić information content (AvgIpc) is 2.32. The number of nitrogens with zero attached hydrogens (tertiary/aromatic N) is 2. The first-order valence-corrected chi connectivity index (χ1v) is 6.07. The third-order valence-electron chi connectivity index (χ3n) is 2.94. The summed E-state index contributed by atoms with van der Waals surface area (Å²) in [5.74, 6) is -0.728. The Morgan fingerprint density at radius 2 is 2.06 bits per heavy atom. The van der Waals surface area contributed by atoms with Crippen LogP contribution in [-0.4, -0.2) is 27.3 Å². The third-order valence-corrected chi connectivity index (χ3v) is 3.13. The van der Waals surface area contributed by atoms with Crippen LogP contribution in [0.2, 0.25) is 5.15 Å². The van der Waals surface area contributed by atoms with E-state index in [0.717, 1.165) is 12.8 Å². The van der Waals surface area contributed by atoms with Crippen LogP contribution in [0.1, 0.15) is 42.5 Å². The van der Waals surface area contributed by atoms with Gasteiger partial charge in [0.2, 0.25) is 0 Å². The lowest BCUT2D eigenvalue weighted by molar-refractivity contribution is 0.0697. The van der Waals surface area contributed by atoms with Crippen LogP contribution >= 0.6 is 11.6 Å². The Balaban J connectivity index is 2.16. The minimum atomic E-state index is -1.04. The molecule has 17 heavy (non-hydrogen) atoms. The van der Waals surface area contributed by atoms with E-state index in [9.17, 15) is 4.79 Å². The minimum Gasteiger partial charge on any atom is -0.478 e. The van der Waals surface area contributed by atoms with E-state index in [1.807, 2.05) is 0 Å². The Labute approximate surface area is 104 Å². The summed E-state index contributed by atoms with van der Waals surface area (Å²) in [6, 6.07) is 1.61. The summed E-state index contributed by atoms with van der Waals surface area (Å²) < 4.78 is 0. The summed E-state index contributed by atoms with van der Waals surface area (Å²) in [4.78, 5) is 11.0. The first-order chi connectivity index (χ1) is 8.16. The number of halogens is 1. The Kier molecular flexibility index (Phi) is 3.78. The molecule has 0 radical (unpaired) electrons. The molecule has 1 aliphatic carbocycles. The quantitative estimate of drug-likeness (QED) is 0.868. The van der Waals surface area contributed by atoms with Crippen molar-refractivity contribution in [1.29, 1.82) is 0 Å². The Bertz CT molecular complexity index is 419. The van der Waals surface area contributed by atoms with Gasteiger partial charge in [-0.1, -0.05) is 30.9 Å². The van der Waals surface area contributed by atoms with Gasteiger partial charge in [0, 0.05) is 6.04 Å². The molecular formula is C11H14ClN3O2. The molecule has 92 valence electrons. The number of aromatic nitrogens is 2. The van der Waals surface area contributed by atoms with Crippen LogP contribution in [0.15, 0.2) is 6.07 Å².